The van der Waals surface area contributed by atoms with Crippen LogP contribution in [0.4, 0.5) is 0 Å². The fourth-order valence-corrected chi connectivity index (χ4v) is 1.33. The van der Waals surface area contributed by atoms with E-state index in [1.165, 1.54) is 0 Å². The van der Waals surface area contributed by atoms with Crippen LogP contribution in [0.5, 0.6) is 5.88 Å². The van der Waals surface area contributed by atoms with E-state index in [1.807, 2.05) is 6.07 Å². The molecule has 1 saturated heterocycles. The van der Waals surface area contributed by atoms with Gasteiger partial charge in [-0.05, 0) is 12.1 Å². The van der Waals surface area contributed by atoms with Crippen molar-refractivity contribution in [1.82, 2.24) is 10.3 Å². The standard InChI is InChI=1S/C10H11N3O2/c11-6-8-2-1-3-13-10(8)15-7-9-12-4-5-14-9/h1-3,9,12H,4-5,7H2. The summed E-state index contributed by atoms with van der Waals surface area (Å²) in [5, 5.41) is 11.9. The number of hydrogen-bond donors (Lipinski definition) is 1. The van der Waals surface area contributed by atoms with E-state index >= 15 is 0 Å². The van der Waals surface area contributed by atoms with E-state index in [-0.39, 0.29) is 6.23 Å². The van der Waals surface area contributed by atoms with Crippen LogP contribution < -0.4 is 10.1 Å². The molecule has 5 heteroatoms. The molecule has 1 aromatic heterocycles. The molecular formula is C10H11N3O2. The molecule has 0 aliphatic carbocycles. The van der Waals surface area contributed by atoms with Crippen LogP contribution in [0.3, 0.4) is 0 Å². The van der Waals surface area contributed by atoms with Crippen LogP contribution in [0.15, 0.2) is 18.3 Å². The third kappa shape index (κ3) is 2.43. The van der Waals surface area contributed by atoms with E-state index in [2.05, 4.69) is 10.3 Å². The van der Waals surface area contributed by atoms with Crippen molar-refractivity contribution in [3.63, 3.8) is 0 Å². The first-order chi connectivity index (χ1) is 7.40. The maximum Gasteiger partial charge on any atom is 0.231 e. The average molecular weight is 205 g/mol. The summed E-state index contributed by atoms with van der Waals surface area (Å²) in [5.74, 6) is 0.359. The molecule has 1 N–H and O–H groups in total. The average Bonchev–Trinajstić information content (AvgIpc) is 2.79. The maximum atomic E-state index is 8.79. The lowest BCUT2D eigenvalue weighted by molar-refractivity contribution is 0.0565. The summed E-state index contributed by atoms with van der Waals surface area (Å²) in [4.78, 5) is 3.98. The zero-order chi connectivity index (χ0) is 10.5. The third-order valence-electron chi connectivity index (χ3n) is 2.06. The van der Waals surface area contributed by atoms with Crippen LogP contribution >= 0.6 is 0 Å². The topological polar surface area (TPSA) is 67.2 Å². The number of rotatable bonds is 3. The van der Waals surface area contributed by atoms with Crippen molar-refractivity contribution in [2.24, 2.45) is 0 Å². The summed E-state index contributed by atoms with van der Waals surface area (Å²) in [7, 11) is 0. The largest absolute Gasteiger partial charge is 0.472 e. The van der Waals surface area contributed by atoms with Gasteiger partial charge in [-0.2, -0.15) is 5.26 Å². The van der Waals surface area contributed by atoms with Gasteiger partial charge in [0.15, 0.2) is 0 Å². The first kappa shape index (κ1) is 9.90. The van der Waals surface area contributed by atoms with Crippen LogP contribution in [-0.4, -0.2) is 31.0 Å². The fraction of sp³-hybridized carbons (Fsp3) is 0.400. The molecule has 78 valence electrons. The first-order valence-corrected chi connectivity index (χ1v) is 4.73. The molecule has 1 fully saturated rings. The highest BCUT2D eigenvalue weighted by Crippen LogP contribution is 2.13. The zero-order valence-electron chi connectivity index (χ0n) is 8.14. The molecule has 1 aliphatic heterocycles. The lowest BCUT2D eigenvalue weighted by atomic mass is 10.3. The van der Waals surface area contributed by atoms with Crippen molar-refractivity contribution in [2.45, 2.75) is 6.23 Å². The Morgan fingerprint density at radius 3 is 3.40 bits per heavy atom. The molecule has 0 spiro atoms. The summed E-state index contributed by atoms with van der Waals surface area (Å²) in [6.07, 6.45) is 1.50. The molecule has 1 atom stereocenters. The number of nitrogens with zero attached hydrogens (tertiary/aromatic N) is 2. The minimum absolute atomic E-state index is 0.0986. The lowest BCUT2D eigenvalue weighted by Crippen LogP contribution is -2.29. The molecular weight excluding hydrogens is 194 g/mol. The van der Waals surface area contributed by atoms with Crippen LogP contribution in [0.25, 0.3) is 0 Å². The van der Waals surface area contributed by atoms with E-state index in [1.54, 1.807) is 18.3 Å². The SMILES string of the molecule is N#Cc1cccnc1OCC1NCCO1. The summed E-state index contributed by atoms with van der Waals surface area (Å²) in [6, 6.07) is 5.40. The minimum Gasteiger partial charge on any atom is -0.472 e. The maximum absolute atomic E-state index is 8.79. The Balaban J connectivity index is 1.95. The predicted molar refractivity (Wildman–Crippen MR) is 52.2 cm³/mol. The monoisotopic (exact) mass is 205 g/mol. The number of pyridine rings is 1. The Labute approximate surface area is 87.6 Å². The van der Waals surface area contributed by atoms with Crippen molar-refractivity contribution in [2.75, 3.05) is 19.8 Å². The van der Waals surface area contributed by atoms with Crippen molar-refractivity contribution in [1.29, 1.82) is 5.26 Å². The van der Waals surface area contributed by atoms with Gasteiger partial charge < -0.3 is 9.47 Å². The predicted octanol–water partition coefficient (Wildman–Crippen LogP) is 0.278. The third-order valence-corrected chi connectivity index (χ3v) is 2.06. The Kier molecular flexibility index (Phi) is 3.12. The van der Waals surface area contributed by atoms with Gasteiger partial charge in [-0.25, -0.2) is 4.98 Å². The van der Waals surface area contributed by atoms with Crippen molar-refractivity contribution < 1.29 is 9.47 Å². The van der Waals surface area contributed by atoms with Crippen LogP contribution in [0.1, 0.15) is 5.56 Å². The molecule has 1 unspecified atom stereocenters. The first-order valence-electron chi connectivity index (χ1n) is 4.73. The molecule has 0 bridgehead atoms. The Morgan fingerprint density at radius 1 is 1.73 bits per heavy atom. The number of aromatic nitrogens is 1. The van der Waals surface area contributed by atoms with Gasteiger partial charge in [0.2, 0.25) is 5.88 Å². The van der Waals surface area contributed by atoms with Gasteiger partial charge in [-0.3, -0.25) is 5.32 Å². The van der Waals surface area contributed by atoms with Gasteiger partial charge in [0.05, 0.1) is 6.61 Å². The van der Waals surface area contributed by atoms with E-state index in [9.17, 15) is 0 Å². The zero-order valence-corrected chi connectivity index (χ0v) is 8.14. The smallest absolute Gasteiger partial charge is 0.231 e. The van der Waals surface area contributed by atoms with E-state index in [4.69, 9.17) is 14.7 Å². The van der Waals surface area contributed by atoms with Gasteiger partial charge in [0.25, 0.3) is 0 Å². The summed E-state index contributed by atoms with van der Waals surface area (Å²) in [6.45, 7) is 1.90. The fourth-order valence-electron chi connectivity index (χ4n) is 1.33. The van der Waals surface area contributed by atoms with Crippen molar-refractivity contribution in [3.05, 3.63) is 23.9 Å². The quantitative estimate of drug-likeness (QED) is 0.767. The van der Waals surface area contributed by atoms with Gasteiger partial charge in [-0.1, -0.05) is 0 Å². The molecule has 2 rings (SSSR count). The molecule has 2 heterocycles. The summed E-state index contributed by atoms with van der Waals surface area (Å²) >= 11 is 0. The van der Waals surface area contributed by atoms with Gasteiger partial charge >= 0.3 is 0 Å². The van der Waals surface area contributed by atoms with Crippen LogP contribution in [0.2, 0.25) is 0 Å². The van der Waals surface area contributed by atoms with E-state index in [0.29, 0.717) is 24.7 Å². The number of hydrogen-bond acceptors (Lipinski definition) is 5. The molecule has 0 radical (unpaired) electrons. The molecule has 0 amide bonds. The minimum atomic E-state index is -0.0986. The normalized spacial score (nSPS) is 19.8. The van der Waals surface area contributed by atoms with Crippen molar-refractivity contribution >= 4 is 0 Å². The Bertz CT molecular complexity index is 369. The van der Waals surface area contributed by atoms with Gasteiger partial charge in [0.1, 0.15) is 24.5 Å². The summed E-state index contributed by atoms with van der Waals surface area (Å²) < 4.78 is 10.7. The highest BCUT2D eigenvalue weighted by molar-refractivity contribution is 5.36. The molecule has 0 aromatic carbocycles. The molecule has 5 nitrogen and oxygen atoms in total. The van der Waals surface area contributed by atoms with Crippen LogP contribution in [0, 0.1) is 11.3 Å². The number of ether oxygens (including phenoxy) is 2. The van der Waals surface area contributed by atoms with E-state index < -0.39 is 0 Å². The molecule has 1 aromatic rings. The number of nitrogens with one attached hydrogen (secondary N) is 1. The summed E-state index contributed by atoms with van der Waals surface area (Å²) in [5.41, 5.74) is 0.440. The second kappa shape index (κ2) is 4.73. The second-order valence-corrected chi connectivity index (χ2v) is 3.09. The highest BCUT2D eigenvalue weighted by Gasteiger charge is 2.15. The van der Waals surface area contributed by atoms with E-state index in [0.717, 1.165) is 6.54 Å². The molecule has 0 saturated carbocycles. The van der Waals surface area contributed by atoms with Crippen molar-refractivity contribution in [3.8, 4) is 11.9 Å². The molecule has 1 aliphatic rings. The Morgan fingerprint density at radius 2 is 2.67 bits per heavy atom. The lowest BCUT2D eigenvalue weighted by Gasteiger charge is -2.11. The Hall–Kier alpha value is -1.64. The molecule has 15 heavy (non-hydrogen) atoms. The van der Waals surface area contributed by atoms with Gasteiger partial charge in [0, 0.05) is 12.7 Å². The number of nitriles is 1. The highest BCUT2D eigenvalue weighted by atomic mass is 16.6. The van der Waals surface area contributed by atoms with Gasteiger partial charge in [-0.15, -0.1) is 0 Å². The second-order valence-electron chi connectivity index (χ2n) is 3.09. The van der Waals surface area contributed by atoms with Crippen LogP contribution in [-0.2, 0) is 4.74 Å².